The van der Waals surface area contributed by atoms with Crippen LogP contribution in [0.4, 0.5) is 13.2 Å². The standard InChI is InChI=1S/C17H19N5O.C2HF3O2/c1-13-15(14-6-3-2-4-7-14)20-21-16(13)17(23)19-8-5-10-22-11-9-18-12-22;3-2(4,5)1(6)7/h2-4,6-7,9,11-12H,5,8,10H2,1H3,(H,19,23)(H,20,21);(H,6,7). The molecule has 0 atom stereocenters. The minimum atomic E-state index is -5.08. The van der Waals surface area contributed by atoms with E-state index in [1.807, 2.05) is 48.0 Å². The fourth-order valence-corrected chi connectivity index (χ4v) is 2.47. The summed E-state index contributed by atoms with van der Waals surface area (Å²) in [5.41, 5.74) is 3.20. The molecule has 0 unspecified atom stereocenters. The van der Waals surface area contributed by atoms with Crippen LogP contribution in [0, 0.1) is 6.92 Å². The zero-order chi connectivity index (χ0) is 22.1. The number of carboxylic acids is 1. The normalized spacial score (nSPS) is 10.8. The number of rotatable bonds is 6. The SMILES string of the molecule is Cc1c(-c2ccccc2)n[nH]c1C(=O)NCCCn1ccnc1.O=C(O)C(F)(F)F. The maximum atomic E-state index is 12.3. The van der Waals surface area contributed by atoms with Crippen LogP contribution in [0.3, 0.4) is 0 Å². The molecule has 0 fully saturated rings. The van der Waals surface area contributed by atoms with Crippen molar-refractivity contribution in [1.29, 1.82) is 0 Å². The molecule has 3 aromatic rings. The number of hydrogen-bond acceptors (Lipinski definition) is 4. The second kappa shape index (κ2) is 10.2. The molecule has 0 aliphatic heterocycles. The number of benzene rings is 1. The number of aromatic nitrogens is 4. The molecule has 3 N–H and O–H groups in total. The molecule has 3 rings (SSSR count). The number of nitrogens with one attached hydrogen (secondary N) is 2. The highest BCUT2D eigenvalue weighted by molar-refractivity contribution is 5.95. The molecule has 0 spiro atoms. The van der Waals surface area contributed by atoms with Gasteiger partial charge in [0.15, 0.2) is 0 Å². The minimum Gasteiger partial charge on any atom is -0.475 e. The highest BCUT2D eigenvalue weighted by Gasteiger charge is 2.38. The fourth-order valence-electron chi connectivity index (χ4n) is 2.47. The maximum absolute atomic E-state index is 12.3. The number of carboxylic acid groups (broad SMARTS) is 1. The largest absolute Gasteiger partial charge is 0.490 e. The third-order valence-electron chi connectivity index (χ3n) is 3.96. The molecule has 0 saturated carbocycles. The number of nitrogens with zero attached hydrogens (tertiary/aromatic N) is 3. The molecule has 1 amide bonds. The van der Waals surface area contributed by atoms with E-state index in [9.17, 15) is 18.0 Å². The van der Waals surface area contributed by atoms with Gasteiger partial charge in [-0.05, 0) is 13.3 Å². The molecule has 11 heteroatoms. The van der Waals surface area contributed by atoms with E-state index in [4.69, 9.17) is 9.90 Å². The average Bonchev–Trinajstić information content (AvgIpc) is 3.35. The van der Waals surface area contributed by atoms with Crippen molar-refractivity contribution in [3.63, 3.8) is 0 Å². The number of alkyl halides is 3. The van der Waals surface area contributed by atoms with Crippen molar-refractivity contribution in [2.24, 2.45) is 0 Å². The number of aromatic amines is 1. The number of H-pyrrole nitrogens is 1. The molecule has 2 heterocycles. The van der Waals surface area contributed by atoms with Crippen molar-refractivity contribution in [3.05, 3.63) is 60.3 Å². The molecule has 0 radical (unpaired) electrons. The lowest BCUT2D eigenvalue weighted by molar-refractivity contribution is -0.192. The van der Waals surface area contributed by atoms with Gasteiger partial charge in [-0.3, -0.25) is 9.89 Å². The quantitative estimate of drug-likeness (QED) is 0.528. The first-order chi connectivity index (χ1) is 14.2. The van der Waals surface area contributed by atoms with Crippen molar-refractivity contribution in [2.45, 2.75) is 26.1 Å². The van der Waals surface area contributed by atoms with Crippen LogP contribution < -0.4 is 5.32 Å². The van der Waals surface area contributed by atoms with E-state index in [0.29, 0.717) is 12.2 Å². The minimum absolute atomic E-state index is 0.122. The van der Waals surface area contributed by atoms with Crippen LogP contribution >= 0.6 is 0 Å². The number of carbonyl (C=O) groups is 2. The van der Waals surface area contributed by atoms with E-state index >= 15 is 0 Å². The Kier molecular flexibility index (Phi) is 7.73. The summed E-state index contributed by atoms with van der Waals surface area (Å²) < 4.78 is 33.7. The number of amides is 1. The van der Waals surface area contributed by atoms with E-state index in [0.717, 1.165) is 29.8 Å². The Morgan fingerprint density at radius 2 is 1.90 bits per heavy atom. The lowest BCUT2D eigenvalue weighted by atomic mass is 10.1. The Hall–Kier alpha value is -3.63. The van der Waals surface area contributed by atoms with Gasteiger partial charge in [0.25, 0.3) is 5.91 Å². The zero-order valence-corrected chi connectivity index (χ0v) is 16.0. The van der Waals surface area contributed by atoms with E-state index in [2.05, 4.69) is 20.5 Å². The lowest BCUT2D eigenvalue weighted by Crippen LogP contribution is -2.26. The summed E-state index contributed by atoms with van der Waals surface area (Å²) in [6, 6.07) is 9.84. The van der Waals surface area contributed by atoms with Crippen LogP contribution in [0.1, 0.15) is 22.5 Å². The van der Waals surface area contributed by atoms with Gasteiger partial charge in [-0.1, -0.05) is 30.3 Å². The summed E-state index contributed by atoms with van der Waals surface area (Å²) in [5, 5.41) is 17.2. The Balaban J connectivity index is 0.000000396. The number of hydrogen-bond donors (Lipinski definition) is 3. The summed E-state index contributed by atoms with van der Waals surface area (Å²) in [7, 11) is 0. The summed E-state index contributed by atoms with van der Waals surface area (Å²) in [4.78, 5) is 25.2. The predicted octanol–water partition coefficient (Wildman–Crippen LogP) is 3.04. The van der Waals surface area contributed by atoms with Gasteiger partial charge in [0.1, 0.15) is 5.69 Å². The van der Waals surface area contributed by atoms with Gasteiger partial charge in [0.05, 0.1) is 12.0 Å². The van der Waals surface area contributed by atoms with Crippen LogP contribution in [0.5, 0.6) is 0 Å². The molecule has 2 aromatic heterocycles. The van der Waals surface area contributed by atoms with Crippen LogP contribution in [-0.2, 0) is 11.3 Å². The summed E-state index contributed by atoms with van der Waals surface area (Å²) in [6.45, 7) is 3.35. The molecule has 0 saturated heterocycles. The van der Waals surface area contributed by atoms with Gasteiger partial charge in [-0.15, -0.1) is 0 Å². The highest BCUT2D eigenvalue weighted by atomic mass is 19.4. The number of carbonyl (C=O) groups excluding carboxylic acids is 1. The Labute approximate surface area is 169 Å². The molecule has 0 aliphatic carbocycles. The first-order valence-electron chi connectivity index (χ1n) is 8.84. The van der Waals surface area contributed by atoms with Crippen molar-refractivity contribution >= 4 is 11.9 Å². The fraction of sp³-hybridized carbons (Fsp3) is 0.263. The van der Waals surface area contributed by atoms with Crippen LogP contribution in [-0.4, -0.2) is 49.5 Å². The number of imidazole rings is 1. The molecule has 0 bridgehead atoms. The van der Waals surface area contributed by atoms with Gasteiger partial charge in [0.2, 0.25) is 0 Å². The van der Waals surface area contributed by atoms with Crippen molar-refractivity contribution in [2.75, 3.05) is 6.54 Å². The molecule has 8 nitrogen and oxygen atoms in total. The van der Waals surface area contributed by atoms with Crippen LogP contribution in [0.15, 0.2) is 49.1 Å². The lowest BCUT2D eigenvalue weighted by Gasteiger charge is -2.05. The number of aliphatic carboxylic acids is 1. The molecule has 0 aliphatic rings. The maximum Gasteiger partial charge on any atom is 0.490 e. The van der Waals surface area contributed by atoms with Crippen LogP contribution in [0.2, 0.25) is 0 Å². The van der Waals surface area contributed by atoms with Crippen molar-refractivity contribution in [3.8, 4) is 11.3 Å². The Morgan fingerprint density at radius 3 is 2.47 bits per heavy atom. The van der Waals surface area contributed by atoms with E-state index in [1.54, 1.807) is 12.5 Å². The van der Waals surface area contributed by atoms with E-state index in [-0.39, 0.29) is 5.91 Å². The van der Waals surface area contributed by atoms with Gasteiger partial charge in [-0.2, -0.15) is 18.3 Å². The zero-order valence-electron chi connectivity index (χ0n) is 16.0. The number of halogens is 3. The number of aryl methyl sites for hydroxylation is 1. The van der Waals surface area contributed by atoms with Crippen LogP contribution in [0.25, 0.3) is 11.3 Å². The molecule has 30 heavy (non-hydrogen) atoms. The average molecular weight is 423 g/mol. The summed E-state index contributed by atoms with van der Waals surface area (Å²) in [5.74, 6) is -2.88. The predicted molar refractivity (Wildman–Crippen MR) is 102 cm³/mol. The molecule has 1 aromatic carbocycles. The summed E-state index contributed by atoms with van der Waals surface area (Å²) in [6.07, 6.45) is 1.19. The van der Waals surface area contributed by atoms with Gasteiger partial charge in [-0.25, -0.2) is 9.78 Å². The van der Waals surface area contributed by atoms with E-state index in [1.165, 1.54) is 0 Å². The third kappa shape index (κ3) is 6.47. The van der Waals surface area contributed by atoms with Gasteiger partial charge < -0.3 is 15.0 Å². The molecular formula is C19H20F3N5O3. The second-order valence-corrected chi connectivity index (χ2v) is 6.15. The molecular weight excluding hydrogens is 403 g/mol. The Bertz CT molecular complexity index is 954. The van der Waals surface area contributed by atoms with Gasteiger partial charge >= 0.3 is 12.1 Å². The monoisotopic (exact) mass is 423 g/mol. The first-order valence-corrected chi connectivity index (χ1v) is 8.84. The smallest absolute Gasteiger partial charge is 0.475 e. The highest BCUT2D eigenvalue weighted by Crippen LogP contribution is 2.22. The molecule has 160 valence electrons. The van der Waals surface area contributed by atoms with Gasteiger partial charge in [0, 0.05) is 36.6 Å². The third-order valence-corrected chi connectivity index (χ3v) is 3.96. The van der Waals surface area contributed by atoms with Crippen molar-refractivity contribution < 1.29 is 27.9 Å². The van der Waals surface area contributed by atoms with Crippen molar-refractivity contribution in [1.82, 2.24) is 25.1 Å². The van der Waals surface area contributed by atoms with E-state index < -0.39 is 12.1 Å². The second-order valence-electron chi connectivity index (χ2n) is 6.15. The Morgan fingerprint density at radius 1 is 1.23 bits per heavy atom. The summed E-state index contributed by atoms with van der Waals surface area (Å²) >= 11 is 0. The topological polar surface area (TPSA) is 113 Å². The first kappa shape index (κ1) is 22.7.